The van der Waals surface area contributed by atoms with Crippen molar-refractivity contribution < 1.29 is 14.3 Å². The van der Waals surface area contributed by atoms with Gasteiger partial charge in [-0.3, -0.25) is 0 Å². The van der Waals surface area contributed by atoms with Crippen LogP contribution >= 0.6 is 0 Å². The number of carbonyl (C=O) groups excluding carboxylic acids is 1. The van der Waals surface area contributed by atoms with Crippen molar-refractivity contribution in [3.05, 3.63) is 72.8 Å². The largest absolute Gasteiger partial charge is 0.486 e. The first-order valence-corrected chi connectivity index (χ1v) is 6.34. The van der Waals surface area contributed by atoms with E-state index in [1.54, 1.807) is 31.2 Å². The van der Waals surface area contributed by atoms with Crippen molar-refractivity contribution in [3.8, 4) is 11.5 Å². The van der Waals surface area contributed by atoms with Crippen LogP contribution in [-0.4, -0.2) is 12.1 Å². The van der Waals surface area contributed by atoms with E-state index in [2.05, 4.69) is 6.58 Å². The lowest BCUT2D eigenvalue weighted by molar-refractivity contribution is -0.131. The second-order valence-electron chi connectivity index (χ2n) is 4.30. The third-order valence-corrected chi connectivity index (χ3v) is 2.76. The summed E-state index contributed by atoms with van der Waals surface area (Å²) >= 11 is 0. The smallest absolute Gasteiger partial charge is 0.342 e. The maximum Gasteiger partial charge on any atom is 0.342 e. The van der Waals surface area contributed by atoms with Gasteiger partial charge in [0.05, 0.1) is 5.57 Å². The zero-order valence-electron chi connectivity index (χ0n) is 11.3. The highest BCUT2D eigenvalue weighted by Crippen LogP contribution is 2.16. The van der Waals surface area contributed by atoms with Crippen LogP contribution in [0.4, 0.5) is 0 Å². The van der Waals surface area contributed by atoms with Gasteiger partial charge in [-0.25, -0.2) is 4.79 Å². The summed E-state index contributed by atoms with van der Waals surface area (Å²) in [6.45, 7) is 5.51. The van der Waals surface area contributed by atoms with Gasteiger partial charge in [-0.05, 0) is 31.2 Å². The van der Waals surface area contributed by atoms with Gasteiger partial charge in [0.25, 0.3) is 0 Å². The Balaban J connectivity index is 1.95. The van der Waals surface area contributed by atoms with E-state index in [9.17, 15) is 4.79 Å². The molecule has 0 radical (unpaired) electrons. The van der Waals surface area contributed by atoms with E-state index >= 15 is 0 Å². The van der Waals surface area contributed by atoms with Crippen molar-refractivity contribution in [3.63, 3.8) is 0 Å². The number of rotatable bonds is 5. The number of hydrogen-bond acceptors (Lipinski definition) is 3. The molecule has 0 aliphatic rings. The average Bonchev–Trinajstić information content (AvgIpc) is 2.48. The topological polar surface area (TPSA) is 35.5 Å². The number of esters is 1. The number of carbonyl (C=O) groups is 1. The Kier molecular flexibility index (Phi) is 4.56. The van der Waals surface area contributed by atoms with E-state index in [1.807, 2.05) is 36.4 Å². The fourth-order valence-electron chi connectivity index (χ4n) is 1.60. The van der Waals surface area contributed by atoms with Crippen LogP contribution in [-0.2, 0) is 4.79 Å². The summed E-state index contributed by atoms with van der Waals surface area (Å²) in [5, 5.41) is 0. The molecule has 1 unspecified atom stereocenters. The Morgan fingerprint density at radius 3 is 2.00 bits per heavy atom. The fourth-order valence-corrected chi connectivity index (χ4v) is 1.60. The molecule has 20 heavy (non-hydrogen) atoms. The molecular weight excluding hydrogens is 252 g/mol. The second-order valence-corrected chi connectivity index (χ2v) is 4.30. The van der Waals surface area contributed by atoms with Gasteiger partial charge in [-0.15, -0.1) is 0 Å². The molecule has 0 N–H and O–H groups in total. The minimum absolute atomic E-state index is 0.276. The Morgan fingerprint density at radius 2 is 1.45 bits per heavy atom. The minimum Gasteiger partial charge on any atom is -0.486 e. The van der Waals surface area contributed by atoms with E-state index in [1.165, 1.54) is 0 Å². The van der Waals surface area contributed by atoms with Crippen LogP contribution in [0.2, 0.25) is 0 Å². The summed E-state index contributed by atoms with van der Waals surface area (Å²) in [5.41, 5.74) is 0.276. The van der Waals surface area contributed by atoms with Crippen LogP contribution < -0.4 is 9.47 Å². The number of para-hydroxylation sites is 2. The van der Waals surface area contributed by atoms with Gasteiger partial charge in [0.2, 0.25) is 0 Å². The van der Waals surface area contributed by atoms with Crippen molar-refractivity contribution in [1.82, 2.24) is 0 Å². The third-order valence-electron chi connectivity index (χ3n) is 2.76. The summed E-state index contributed by atoms with van der Waals surface area (Å²) in [6.07, 6.45) is -0.450. The molecule has 3 heteroatoms. The molecule has 0 bridgehead atoms. The van der Waals surface area contributed by atoms with Crippen molar-refractivity contribution in [2.24, 2.45) is 0 Å². The zero-order valence-corrected chi connectivity index (χ0v) is 11.3. The Bertz CT molecular complexity index is 576. The van der Waals surface area contributed by atoms with E-state index < -0.39 is 12.1 Å². The standard InChI is InChI=1S/C17H16O3/c1-13(14(2)19-15-9-5-3-6-10-15)17(18)20-16-11-7-4-8-12-16/h3-12,14H,1H2,2H3. The second kappa shape index (κ2) is 6.57. The first-order valence-electron chi connectivity index (χ1n) is 6.34. The highest BCUT2D eigenvalue weighted by atomic mass is 16.5. The molecule has 0 aromatic heterocycles. The normalized spacial score (nSPS) is 11.4. The molecule has 0 saturated heterocycles. The molecule has 0 spiro atoms. The Morgan fingerprint density at radius 1 is 0.950 bits per heavy atom. The van der Waals surface area contributed by atoms with Gasteiger partial charge in [-0.2, -0.15) is 0 Å². The van der Waals surface area contributed by atoms with E-state index in [4.69, 9.17) is 9.47 Å². The van der Waals surface area contributed by atoms with Crippen molar-refractivity contribution in [2.45, 2.75) is 13.0 Å². The fraction of sp³-hybridized carbons (Fsp3) is 0.118. The van der Waals surface area contributed by atoms with E-state index in [-0.39, 0.29) is 5.57 Å². The van der Waals surface area contributed by atoms with E-state index in [0.29, 0.717) is 11.5 Å². The van der Waals surface area contributed by atoms with Crippen LogP contribution in [0, 0.1) is 0 Å². The highest BCUT2D eigenvalue weighted by Gasteiger charge is 2.18. The average molecular weight is 268 g/mol. The molecule has 0 amide bonds. The predicted octanol–water partition coefficient (Wildman–Crippen LogP) is 3.62. The summed E-state index contributed by atoms with van der Waals surface area (Å²) in [5.74, 6) is 0.693. The maximum absolute atomic E-state index is 11.9. The summed E-state index contributed by atoms with van der Waals surface area (Å²) < 4.78 is 10.9. The molecule has 1 atom stereocenters. The molecule has 102 valence electrons. The lowest BCUT2D eigenvalue weighted by atomic mass is 10.2. The lowest BCUT2D eigenvalue weighted by Crippen LogP contribution is -2.23. The number of benzene rings is 2. The molecule has 0 saturated carbocycles. The molecule has 2 aromatic rings. The van der Waals surface area contributed by atoms with Gasteiger partial charge < -0.3 is 9.47 Å². The predicted molar refractivity (Wildman–Crippen MR) is 77.7 cm³/mol. The van der Waals surface area contributed by atoms with Crippen LogP contribution in [0.1, 0.15) is 6.92 Å². The zero-order chi connectivity index (χ0) is 14.4. The summed E-state index contributed by atoms with van der Waals surface area (Å²) in [4.78, 5) is 11.9. The number of ether oxygens (including phenoxy) is 2. The first-order chi connectivity index (χ1) is 9.66. The molecule has 2 aromatic carbocycles. The van der Waals surface area contributed by atoms with E-state index in [0.717, 1.165) is 0 Å². The highest BCUT2D eigenvalue weighted by molar-refractivity contribution is 5.90. The molecule has 2 rings (SSSR count). The lowest BCUT2D eigenvalue weighted by Gasteiger charge is -2.16. The molecular formula is C17H16O3. The molecule has 0 heterocycles. The Labute approximate surface area is 118 Å². The maximum atomic E-state index is 11.9. The SMILES string of the molecule is C=C(C(=O)Oc1ccccc1)C(C)Oc1ccccc1. The van der Waals surface area contributed by atoms with Gasteiger partial charge in [0.1, 0.15) is 17.6 Å². The van der Waals surface area contributed by atoms with Gasteiger partial charge in [-0.1, -0.05) is 43.0 Å². The molecule has 3 nitrogen and oxygen atoms in total. The van der Waals surface area contributed by atoms with Gasteiger partial charge in [0.15, 0.2) is 0 Å². The van der Waals surface area contributed by atoms with Crippen LogP contribution in [0.5, 0.6) is 11.5 Å². The van der Waals surface area contributed by atoms with Crippen molar-refractivity contribution in [1.29, 1.82) is 0 Å². The van der Waals surface area contributed by atoms with Gasteiger partial charge in [0, 0.05) is 0 Å². The first kappa shape index (κ1) is 13.9. The van der Waals surface area contributed by atoms with Crippen molar-refractivity contribution in [2.75, 3.05) is 0 Å². The van der Waals surface area contributed by atoms with Crippen LogP contribution in [0.3, 0.4) is 0 Å². The minimum atomic E-state index is -0.486. The molecule has 0 aliphatic carbocycles. The summed E-state index contributed by atoms with van der Waals surface area (Å²) in [7, 11) is 0. The molecule has 0 aliphatic heterocycles. The number of hydrogen-bond donors (Lipinski definition) is 0. The Hall–Kier alpha value is -2.55. The van der Waals surface area contributed by atoms with Crippen molar-refractivity contribution >= 4 is 5.97 Å². The third kappa shape index (κ3) is 3.72. The van der Waals surface area contributed by atoms with Crippen LogP contribution in [0.15, 0.2) is 72.8 Å². The monoisotopic (exact) mass is 268 g/mol. The summed E-state index contributed by atoms with van der Waals surface area (Å²) in [6, 6.07) is 18.2. The van der Waals surface area contributed by atoms with Crippen LogP contribution in [0.25, 0.3) is 0 Å². The van der Waals surface area contributed by atoms with Gasteiger partial charge >= 0.3 is 5.97 Å². The quantitative estimate of drug-likeness (QED) is 0.472. The molecule has 0 fully saturated rings.